The maximum absolute atomic E-state index is 14.4. The van der Waals surface area contributed by atoms with Gasteiger partial charge in [-0.2, -0.15) is 0 Å². The molecular formula is C32H50O11SSi2. The number of aliphatic hydroxyl groups is 8. The van der Waals surface area contributed by atoms with Crippen LogP contribution in [0.5, 0.6) is 0 Å². The van der Waals surface area contributed by atoms with E-state index in [1.807, 2.05) is 60.7 Å². The van der Waals surface area contributed by atoms with Crippen molar-refractivity contribution in [2.75, 3.05) is 0 Å². The van der Waals surface area contributed by atoms with E-state index >= 15 is 0 Å². The third-order valence-electron chi connectivity index (χ3n) is 10.5. The summed E-state index contributed by atoms with van der Waals surface area (Å²) in [5.41, 5.74) is 1.90. The van der Waals surface area contributed by atoms with Crippen molar-refractivity contribution in [2.24, 2.45) is 0 Å². The lowest BCUT2D eigenvalue weighted by atomic mass is 9.98. The van der Waals surface area contributed by atoms with Crippen LogP contribution in [0.3, 0.4) is 0 Å². The minimum atomic E-state index is -3.33. The van der Waals surface area contributed by atoms with Crippen LogP contribution < -0.4 is 0 Å². The number of ether oxygens (including phenoxy) is 2. The molecule has 14 heteroatoms. The summed E-state index contributed by atoms with van der Waals surface area (Å²) in [6.45, 7) is 9.47. The Labute approximate surface area is 274 Å². The van der Waals surface area contributed by atoms with E-state index in [9.17, 15) is 45.1 Å². The molecule has 0 saturated carbocycles. The summed E-state index contributed by atoms with van der Waals surface area (Å²) in [5.74, 6) is 0. The number of hydrogen-bond acceptors (Lipinski definition) is 11. The highest BCUT2D eigenvalue weighted by Crippen LogP contribution is 2.50. The van der Waals surface area contributed by atoms with Gasteiger partial charge in [0, 0.05) is 0 Å². The van der Waals surface area contributed by atoms with Crippen molar-refractivity contribution in [3.63, 3.8) is 0 Å². The summed E-state index contributed by atoms with van der Waals surface area (Å²) >= 11 is 0. The lowest BCUT2D eigenvalue weighted by Gasteiger charge is -2.59. The summed E-state index contributed by atoms with van der Waals surface area (Å²) in [4.78, 5) is 0. The molecule has 8 N–H and O–H groups in total. The van der Waals surface area contributed by atoms with Crippen LogP contribution in [0.4, 0.5) is 0 Å². The minimum Gasteiger partial charge on any atom is -0.388 e. The predicted molar refractivity (Wildman–Crippen MR) is 178 cm³/mol. The highest BCUT2D eigenvalue weighted by atomic mass is 32.2. The zero-order valence-corrected chi connectivity index (χ0v) is 30.1. The smallest absolute Gasteiger partial charge is 0.280 e. The normalized spacial score (nSPS) is 39.6. The van der Waals surface area contributed by atoms with E-state index < -0.39 is 84.3 Å². The van der Waals surface area contributed by atoms with Crippen LogP contribution in [0.15, 0.2) is 60.7 Å². The van der Waals surface area contributed by atoms with Gasteiger partial charge in [-0.3, -0.25) is 0 Å². The molecule has 0 amide bonds. The second kappa shape index (κ2) is 13.2. The molecule has 2 aromatic carbocycles. The average molecular weight is 699 g/mol. The Morgan fingerprint density at radius 2 is 0.935 bits per heavy atom. The van der Waals surface area contributed by atoms with Gasteiger partial charge in [-0.15, -0.1) is 0 Å². The number of benzene rings is 2. The van der Waals surface area contributed by atoms with E-state index in [0.717, 1.165) is 11.1 Å². The molecule has 0 spiro atoms. The van der Waals surface area contributed by atoms with Crippen molar-refractivity contribution in [1.82, 2.24) is 0 Å². The fourth-order valence-corrected chi connectivity index (χ4v) is 15.5. The molecule has 2 fully saturated rings. The maximum Gasteiger partial charge on any atom is 0.280 e. The first kappa shape index (κ1) is 37.4. The highest BCUT2D eigenvalue weighted by Gasteiger charge is 2.75. The van der Waals surface area contributed by atoms with Crippen LogP contribution in [-0.4, -0.2) is 119 Å². The maximum atomic E-state index is 14.4. The molecule has 2 saturated heterocycles. The third kappa shape index (κ3) is 6.03. The van der Waals surface area contributed by atoms with E-state index in [4.69, 9.17) is 9.47 Å². The lowest BCUT2D eigenvalue weighted by Crippen LogP contribution is -2.84. The Bertz CT molecular complexity index is 1270. The molecule has 0 aliphatic carbocycles. The topological polar surface area (TPSA) is 197 Å². The fraction of sp³-hybridized carbons (Fsp3) is 0.625. The van der Waals surface area contributed by atoms with E-state index in [-0.39, 0.29) is 0 Å². The fourth-order valence-electron chi connectivity index (χ4n) is 7.03. The Morgan fingerprint density at radius 3 is 1.24 bits per heavy atom. The number of aliphatic hydroxyl groups excluding tert-OH is 4. The summed E-state index contributed by atoms with van der Waals surface area (Å²) in [7, 11) is -9.76. The summed E-state index contributed by atoms with van der Waals surface area (Å²) in [5, 5.41) is 82.5. The van der Waals surface area contributed by atoms with Gasteiger partial charge in [0.15, 0.2) is 0 Å². The quantitative estimate of drug-likeness (QED) is 0.163. The summed E-state index contributed by atoms with van der Waals surface area (Å²) < 4.78 is 25.5. The Morgan fingerprint density at radius 1 is 0.630 bits per heavy atom. The van der Waals surface area contributed by atoms with Crippen molar-refractivity contribution in [2.45, 2.75) is 122 Å². The predicted octanol–water partition coefficient (Wildman–Crippen LogP) is 0.751. The number of hydrogen-bond donors (Lipinski definition) is 8. The molecule has 0 aromatic heterocycles. The molecule has 0 radical (unpaired) electrons. The third-order valence-corrected chi connectivity index (χ3v) is 20.7. The van der Waals surface area contributed by atoms with Crippen LogP contribution in [-0.2, 0) is 33.1 Å². The first-order chi connectivity index (χ1) is 21.2. The van der Waals surface area contributed by atoms with Gasteiger partial charge in [0.25, 0.3) is 10.2 Å². The van der Waals surface area contributed by atoms with E-state index in [2.05, 4.69) is 0 Å². The molecule has 258 valence electrons. The lowest BCUT2D eigenvalue weighted by molar-refractivity contribution is -0.334. The first-order valence-electron chi connectivity index (χ1n) is 15.7. The van der Waals surface area contributed by atoms with Crippen LogP contribution in [0.1, 0.15) is 25.0 Å². The molecule has 2 heterocycles. The van der Waals surface area contributed by atoms with Gasteiger partial charge < -0.3 is 50.3 Å². The van der Waals surface area contributed by atoms with Crippen molar-refractivity contribution in [1.29, 1.82) is 0 Å². The van der Waals surface area contributed by atoms with Crippen LogP contribution in [0, 0.1) is 0 Å². The summed E-state index contributed by atoms with van der Waals surface area (Å²) in [6.07, 6.45) is -10.1. The second-order valence-electron chi connectivity index (χ2n) is 14.3. The van der Waals surface area contributed by atoms with Gasteiger partial charge in [-0.05, 0) is 37.8 Å². The molecule has 2 aliphatic rings. The Hall–Kier alpha value is -1.38. The molecule has 11 nitrogen and oxygen atoms in total. The average Bonchev–Trinajstić information content (AvgIpc) is 3.03. The van der Waals surface area contributed by atoms with E-state index in [0.29, 0.717) is 24.9 Å². The highest BCUT2D eigenvalue weighted by molar-refractivity contribution is 7.87. The zero-order valence-electron chi connectivity index (χ0n) is 27.3. The van der Waals surface area contributed by atoms with Gasteiger partial charge in [0.2, 0.25) is 0 Å². The minimum absolute atomic E-state index is 0.338. The molecule has 4 rings (SSSR count). The van der Waals surface area contributed by atoms with Crippen molar-refractivity contribution in [3.05, 3.63) is 71.8 Å². The molecule has 10 atom stereocenters. The standard InChI is InChI=1S/C32H50O11SSi2/c1-21-25(33)29(37,45(3,4)19-17-23-13-9-7-10-14-23)27(35)31(39,42-21)44(41)32(40)28(36)30(38,26(34)22(2)43-32)46(5,6)20-18-24-15-11-8-12-16-24/h7-16,21-22,25-28,33-40H,17-20H2,1-6H3/t21-,22-,25+,26+,27+,28+,29+,30+,31?,32?,44?/m0/s1. The SMILES string of the molecule is C[C@@H]1OC(O)(S(=O)C2(O)O[C@@H](C)[C@@H](O)[C@@](O)([Si](C)(C)CCc3ccccc3)[C@H]2O)[C@H](O)[C@](O)([Si](C)(C)CCc2ccccc2)[C@@H]1O. The second-order valence-corrected chi connectivity index (χ2v) is 26.1. The molecule has 46 heavy (non-hydrogen) atoms. The molecule has 0 bridgehead atoms. The zero-order chi connectivity index (χ0) is 34.5. The molecular weight excluding hydrogens is 649 g/mol. The van der Waals surface area contributed by atoms with E-state index in [1.54, 1.807) is 26.2 Å². The first-order valence-corrected chi connectivity index (χ1v) is 23.2. The van der Waals surface area contributed by atoms with Gasteiger partial charge in [0.1, 0.15) is 45.7 Å². The monoisotopic (exact) mass is 698 g/mol. The Balaban J connectivity index is 1.70. The van der Waals surface area contributed by atoms with Gasteiger partial charge in [-0.1, -0.05) is 98.9 Å². The van der Waals surface area contributed by atoms with Crippen molar-refractivity contribution >= 4 is 26.9 Å². The molecule has 2 aliphatic heterocycles. The molecule has 2 aromatic rings. The van der Waals surface area contributed by atoms with Gasteiger partial charge in [0.05, 0.1) is 28.4 Å². The van der Waals surface area contributed by atoms with Crippen molar-refractivity contribution < 1.29 is 54.5 Å². The number of aryl methyl sites for hydroxylation is 2. The Kier molecular flexibility index (Phi) is 10.7. The van der Waals surface area contributed by atoms with Gasteiger partial charge >= 0.3 is 0 Å². The largest absolute Gasteiger partial charge is 0.388 e. The number of rotatable bonds is 10. The van der Waals surface area contributed by atoms with Gasteiger partial charge in [-0.25, -0.2) is 4.21 Å². The van der Waals surface area contributed by atoms with Crippen LogP contribution in [0.2, 0.25) is 38.3 Å². The molecule has 2 unspecified atom stereocenters. The van der Waals surface area contributed by atoms with E-state index in [1.165, 1.54) is 13.8 Å². The van der Waals surface area contributed by atoms with Crippen LogP contribution >= 0.6 is 0 Å². The summed E-state index contributed by atoms with van der Waals surface area (Å²) in [6, 6.07) is 19.5. The van der Waals surface area contributed by atoms with Crippen molar-refractivity contribution in [3.8, 4) is 0 Å². The van der Waals surface area contributed by atoms with Crippen LogP contribution in [0.25, 0.3) is 0 Å².